The van der Waals surface area contributed by atoms with Gasteiger partial charge in [-0.05, 0) is 73.6 Å². The van der Waals surface area contributed by atoms with Gasteiger partial charge in [-0.15, -0.1) is 0 Å². The number of halogens is 1. The summed E-state index contributed by atoms with van der Waals surface area (Å²) in [4.78, 5) is 0. The number of benzene rings is 3. The number of pyridine rings is 1. The Morgan fingerprint density at radius 2 is 1.69 bits per heavy atom. The Balaban J connectivity index is 1.74. The summed E-state index contributed by atoms with van der Waals surface area (Å²) >= 11 is 0. The van der Waals surface area contributed by atoms with Crippen LogP contribution < -0.4 is 4.57 Å². The molecule has 0 radical (unpaired) electrons. The van der Waals surface area contributed by atoms with E-state index in [1.807, 2.05) is 6.07 Å². The SMILES string of the molecule is Cc1cc2c(oc3cc(F)ccc32)c(-c2cc(C3CCCC3)c3ccccc3[n+]2C)c1C. The highest BCUT2D eigenvalue weighted by atomic mass is 19.1. The Hall–Kier alpha value is -3.20. The van der Waals surface area contributed by atoms with Crippen LogP contribution in [0.4, 0.5) is 4.39 Å². The number of aromatic nitrogens is 1. The van der Waals surface area contributed by atoms with Gasteiger partial charge in [0.1, 0.15) is 24.0 Å². The molecule has 0 unspecified atom stereocenters. The van der Waals surface area contributed by atoms with Gasteiger partial charge in [-0.3, -0.25) is 0 Å². The van der Waals surface area contributed by atoms with Crippen LogP contribution in [0.2, 0.25) is 0 Å². The van der Waals surface area contributed by atoms with Crippen LogP contribution in [-0.4, -0.2) is 0 Å². The number of fused-ring (bicyclic) bond motifs is 4. The number of hydrogen-bond acceptors (Lipinski definition) is 1. The lowest BCUT2D eigenvalue weighted by atomic mass is 9.90. The zero-order valence-corrected chi connectivity index (χ0v) is 18.8. The van der Waals surface area contributed by atoms with Gasteiger partial charge in [-0.2, -0.15) is 4.57 Å². The molecule has 0 atom stereocenters. The number of rotatable bonds is 2. The zero-order valence-electron chi connectivity index (χ0n) is 18.8. The van der Waals surface area contributed by atoms with Gasteiger partial charge in [0.05, 0.1) is 5.56 Å². The minimum Gasteiger partial charge on any atom is -0.455 e. The van der Waals surface area contributed by atoms with E-state index in [-0.39, 0.29) is 5.82 Å². The zero-order chi connectivity index (χ0) is 22.0. The lowest BCUT2D eigenvalue weighted by molar-refractivity contribution is -0.633. The first-order chi connectivity index (χ1) is 15.5. The second kappa shape index (κ2) is 7.16. The Labute approximate surface area is 187 Å². The predicted molar refractivity (Wildman–Crippen MR) is 128 cm³/mol. The van der Waals surface area contributed by atoms with Crippen LogP contribution in [0.1, 0.15) is 48.3 Å². The number of para-hydroxylation sites is 1. The molecule has 1 fully saturated rings. The molecular formula is C29H27FNO+. The molecule has 5 aromatic rings. The normalized spacial score (nSPS) is 14.9. The first-order valence-electron chi connectivity index (χ1n) is 11.6. The van der Waals surface area contributed by atoms with Crippen molar-refractivity contribution in [2.75, 3.05) is 0 Å². The molecule has 3 heteroatoms. The predicted octanol–water partition coefficient (Wildman–Crippen LogP) is 7.64. The molecular weight excluding hydrogens is 397 g/mol. The van der Waals surface area contributed by atoms with Gasteiger partial charge in [0.25, 0.3) is 0 Å². The van der Waals surface area contributed by atoms with Crippen molar-refractivity contribution in [3.8, 4) is 11.3 Å². The van der Waals surface area contributed by atoms with Crippen LogP contribution in [0.5, 0.6) is 0 Å². The van der Waals surface area contributed by atoms with Gasteiger partial charge >= 0.3 is 0 Å². The summed E-state index contributed by atoms with van der Waals surface area (Å²) in [6.45, 7) is 4.32. The molecule has 0 bridgehead atoms. The van der Waals surface area contributed by atoms with Crippen molar-refractivity contribution in [2.45, 2.75) is 45.4 Å². The monoisotopic (exact) mass is 424 g/mol. The summed E-state index contributed by atoms with van der Waals surface area (Å²) in [5.74, 6) is 0.330. The molecule has 0 amide bonds. The number of aryl methyl sites for hydroxylation is 2. The Bertz CT molecular complexity index is 1520. The molecule has 6 rings (SSSR count). The molecule has 3 aromatic carbocycles. The molecule has 2 heterocycles. The van der Waals surface area contributed by atoms with Crippen LogP contribution in [0.25, 0.3) is 44.1 Å². The molecule has 2 aromatic heterocycles. The molecule has 2 nitrogen and oxygen atoms in total. The second-order valence-electron chi connectivity index (χ2n) is 9.36. The third-order valence-corrected chi connectivity index (χ3v) is 7.53. The minimum absolute atomic E-state index is 0.272. The Morgan fingerprint density at radius 3 is 2.50 bits per heavy atom. The van der Waals surface area contributed by atoms with Crippen LogP contribution >= 0.6 is 0 Å². The molecule has 160 valence electrons. The maximum absolute atomic E-state index is 13.9. The molecule has 1 aliphatic carbocycles. The van der Waals surface area contributed by atoms with Crippen molar-refractivity contribution in [1.29, 1.82) is 0 Å². The lowest BCUT2D eigenvalue weighted by Crippen LogP contribution is -2.33. The van der Waals surface area contributed by atoms with E-state index in [0.29, 0.717) is 11.5 Å². The van der Waals surface area contributed by atoms with Gasteiger partial charge in [0.2, 0.25) is 11.2 Å². The van der Waals surface area contributed by atoms with Crippen LogP contribution in [0.15, 0.2) is 59.0 Å². The summed E-state index contributed by atoms with van der Waals surface area (Å²) in [6, 6.07) is 18.2. The second-order valence-corrected chi connectivity index (χ2v) is 9.36. The van der Waals surface area contributed by atoms with Gasteiger partial charge in [-0.1, -0.05) is 25.0 Å². The van der Waals surface area contributed by atoms with E-state index in [0.717, 1.165) is 27.6 Å². The van der Waals surface area contributed by atoms with Crippen molar-refractivity contribution >= 4 is 32.8 Å². The third-order valence-electron chi connectivity index (χ3n) is 7.53. The van der Waals surface area contributed by atoms with Crippen molar-refractivity contribution in [1.82, 2.24) is 0 Å². The first kappa shape index (κ1) is 19.5. The first-order valence-corrected chi connectivity index (χ1v) is 11.6. The van der Waals surface area contributed by atoms with E-state index < -0.39 is 0 Å². The molecule has 0 spiro atoms. The van der Waals surface area contributed by atoms with Gasteiger partial charge in [-0.25, -0.2) is 4.39 Å². The van der Waals surface area contributed by atoms with Crippen molar-refractivity contribution in [3.05, 3.63) is 77.1 Å². The summed E-state index contributed by atoms with van der Waals surface area (Å²) < 4.78 is 22.6. The minimum atomic E-state index is -0.272. The average molecular weight is 425 g/mol. The fraction of sp³-hybridized carbons (Fsp3) is 0.276. The van der Waals surface area contributed by atoms with E-state index in [1.165, 1.54) is 65.4 Å². The summed E-state index contributed by atoms with van der Waals surface area (Å²) in [6.07, 6.45) is 5.11. The van der Waals surface area contributed by atoms with Gasteiger partial charge in [0.15, 0.2) is 0 Å². The van der Waals surface area contributed by atoms with Crippen LogP contribution in [0.3, 0.4) is 0 Å². The maximum Gasteiger partial charge on any atom is 0.217 e. The molecule has 32 heavy (non-hydrogen) atoms. The summed E-state index contributed by atoms with van der Waals surface area (Å²) in [5, 5.41) is 3.36. The number of hydrogen-bond donors (Lipinski definition) is 0. The van der Waals surface area contributed by atoms with E-state index in [9.17, 15) is 4.39 Å². The van der Waals surface area contributed by atoms with E-state index in [4.69, 9.17) is 4.42 Å². The van der Waals surface area contributed by atoms with E-state index >= 15 is 0 Å². The molecule has 0 aliphatic heterocycles. The van der Waals surface area contributed by atoms with Gasteiger partial charge < -0.3 is 4.42 Å². The van der Waals surface area contributed by atoms with Crippen LogP contribution in [-0.2, 0) is 7.05 Å². The third kappa shape index (κ3) is 2.80. The van der Waals surface area contributed by atoms with Crippen molar-refractivity contribution < 1.29 is 13.4 Å². The highest BCUT2D eigenvalue weighted by Gasteiger charge is 2.28. The molecule has 0 saturated heterocycles. The van der Waals surface area contributed by atoms with Crippen LogP contribution in [0, 0.1) is 19.7 Å². The number of nitrogens with zero attached hydrogens (tertiary/aromatic N) is 1. The van der Waals surface area contributed by atoms with E-state index in [1.54, 1.807) is 0 Å². The van der Waals surface area contributed by atoms with E-state index in [2.05, 4.69) is 61.9 Å². The Kier molecular flexibility index (Phi) is 4.36. The molecule has 1 aliphatic rings. The fourth-order valence-electron chi connectivity index (χ4n) is 5.70. The molecule has 0 N–H and O–H groups in total. The smallest absolute Gasteiger partial charge is 0.217 e. The highest BCUT2D eigenvalue weighted by molar-refractivity contribution is 6.10. The lowest BCUT2D eigenvalue weighted by Gasteiger charge is -2.16. The average Bonchev–Trinajstić information content (AvgIpc) is 3.44. The Morgan fingerprint density at radius 1 is 0.906 bits per heavy atom. The maximum atomic E-state index is 13.9. The molecule has 1 saturated carbocycles. The largest absolute Gasteiger partial charge is 0.455 e. The topological polar surface area (TPSA) is 17.0 Å². The number of furan rings is 1. The standard InChI is InChI=1S/C29H27FNO/c1-17-14-24-22-13-12-20(30)15-27(22)32-29(24)28(18(17)2)26-16-23(19-8-4-5-9-19)21-10-6-7-11-25(21)31(26)3/h6-7,10-16,19H,4-5,8-9H2,1-3H3/q+1. The van der Waals surface area contributed by atoms with Gasteiger partial charge in [0, 0.05) is 34.4 Å². The highest BCUT2D eigenvalue weighted by Crippen LogP contribution is 2.42. The quantitative estimate of drug-likeness (QED) is 0.266. The van der Waals surface area contributed by atoms with Crippen molar-refractivity contribution in [2.24, 2.45) is 7.05 Å². The summed E-state index contributed by atoms with van der Waals surface area (Å²) in [5.41, 5.74) is 8.84. The summed E-state index contributed by atoms with van der Waals surface area (Å²) in [7, 11) is 2.14. The fourth-order valence-corrected chi connectivity index (χ4v) is 5.70. The van der Waals surface area contributed by atoms with Crippen molar-refractivity contribution in [3.63, 3.8) is 0 Å².